The number of halogens is 1. The molecule has 6 heteroatoms. The molecule has 29 heavy (non-hydrogen) atoms. The van der Waals surface area contributed by atoms with Crippen molar-refractivity contribution in [2.45, 2.75) is 13.5 Å². The number of carbonyl (C=O) groups is 2. The molecule has 0 aromatic heterocycles. The summed E-state index contributed by atoms with van der Waals surface area (Å²) < 4.78 is 5.57. The highest BCUT2D eigenvalue weighted by Crippen LogP contribution is 2.36. The molecule has 0 aliphatic carbocycles. The van der Waals surface area contributed by atoms with Gasteiger partial charge in [0.15, 0.2) is 6.61 Å². The summed E-state index contributed by atoms with van der Waals surface area (Å²) in [5.74, 6) is 0.236. The standard InChI is InChI=1S/C23H19ClN2O3/c1-15-4-2-3-5-17(15)13-26-20-12-19(10-11-21(20)29-14-22(26)27)25-23(28)16-6-8-18(24)9-7-16/h2-12H,13-14H2,1H3,(H,25,28). The third-order valence-corrected chi connectivity index (χ3v) is 5.11. The Morgan fingerprint density at radius 3 is 2.62 bits per heavy atom. The van der Waals surface area contributed by atoms with E-state index < -0.39 is 0 Å². The fraction of sp³-hybridized carbons (Fsp3) is 0.130. The van der Waals surface area contributed by atoms with Gasteiger partial charge in [-0.05, 0) is 60.5 Å². The van der Waals surface area contributed by atoms with Gasteiger partial charge < -0.3 is 15.0 Å². The summed E-state index contributed by atoms with van der Waals surface area (Å²) in [6.45, 7) is 2.45. The largest absolute Gasteiger partial charge is 0.482 e. The van der Waals surface area contributed by atoms with E-state index in [1.807, 2.05) is 31.2 Å². The van der Waals surface area contributed by atoms with Gasteiger partial charge in [0.05, 0.1) is 12.2 Å². The van der Waals surface area contributed by atoms with E-state index in [1.54, 1.807) is 47.4 Å². The molecule has 1 N–H and O–H groups in total. The van der Waals surface area contributed by atoms with Crippen LogP contribution >= 0.6 is 11.6 Å². The van der Waals surface area contributed by atoms with Crippen LogP contribution in [0.2, 0.25) is 5.02 Å². The molecule has 2 amide bonds. The van der Waals surface area contributed by atoms with Crippen molar-refractivity contribution in [1.82, 2.24) is 0 Å². The lowest BCUT2D eigenvalue weighted by atomic mass is 10.1. The van der Waals surface area contributed by atoms with Crippen molar-refractivity contribution in [3.63, 3.8) is 0 Å². The molecular weight excluding hydrogens is 388 g/mol. The van der Waals surface area contributed by atoms with E-state index in [-0.39, 0.29) is 18.4 Å². The van der Waals surface area contributed by atoms with Gasteiger partial charge in [0.1, 0.15) is 5.75 Å². The van der Waals surface area contributed by atoms with Gasteiger partial charge in [-0.15, -0.1) is 0 Å². The Bertz CT molecular complexity index is 1080. The molecule has 0 fully saturated rings. The lowest BCUT2D eigenvalue weighted by Gasteiger charge is -2.30. The van der Waals surface area contributed by atoms with E-state index in [0.717, 1.165) is 11.1 Å². The smallest absolute Gasteiger partial charge is 0.265 e. The summed E-state index contributed by atoms with van der Waals surface area (Å²) in [4.78, 5) is 26.8. The molecule has 5 nitrogen and oxygen atoms in total. The Balaban J connectivity index is 1.61. The molecule has 0 atom stereocenters. The Hall–Kier alpha value is -3.31. The van der Waals surface area contributed by atoms with Gasteiger partial charge in [-0.1, -0.05) is 35.9 Å². The predicted octanol–water partition coefficient (Wildman–Crippen LogP) is 4.83. The second-order valence-electron chi connectivity index (χ2n) is 6.84. The molecule has 0 saturated carbocycles. The molecule has 146 valence electrons. The minimum atomic E-state index is -0.255. The molecule has 0 bridgehead atoms. The van der Waals surface area contributed by atoms with Crippen LogP contribution in [0.4, 0.5) is 11.4 Å². The first-order chi connectivity index (χ1) is 14.0. The number of nitrogens with zero attached hydrogens (tertiary/aromatic N) is 1. The van der Waals surface area contributed by atoms with Crippen molar-refractivity contribution in [3.05, 3.63) is 88.4 Å². The zero-order valence-electron chi connectivity index (χ0n) is 15.8. The van der Waals surface area contributed by atoms with E-state index in [1.165, 1.54) is 0 Å². The molecule has 1 aliphatic rings. The maximum atomic E-state index is 12.6. The number of carbonyl (C=O) groups excluding carboxylic acids is 2. The maximum absolute atomic E-state index is 12.6. The highest BCUT2D eigenvalue weighted by Gasteiger charge is 2.26. The van der Waals surface area contributed by atoms with E-state index in [2.05, 4.69) is 5.32 Å². The van der Waals surface area contributed by atoms with E-state index in [0.29, 0.717) is 34.3 Å². The van der Waals surface area contributed by atoms with Crippen LogP contribution in [0, 0.1) is 6.92 Å². The van der Waals surface area contributed by atoms with Crippen molar-refractivity contribution < 1.29 is 14.3 Å². The fourth-order valence-corrected chi connectivity index (χ4v) is 3.34. The summed E-state index contributed by atoms with van der Waals surface area (Å²) in [6.07, 6.45) is 0. The number of fused-ring (bicyclic) bond motifs is 1. The predicted molar refractivity (Wildman–Crippen MR) is 114 cm³/mol. The Morgan fingerprint density at radius 2 is 1.86 bits per heavy atom. The lowest BCUT2D eigenvalue weighted by molar-refractivity contribution is -0.121. The average molecular weight is 407 g/mol. The number of nitrogens with one attached hydrogen (secondary N) is 1. The van der Waals surface area contributed by atoms with Crippen LogP contribution in [0.3, 0.4) is 0 Å². The molecule has 0 spiro atoms. The van der Waals surface area contributed by atoms with Gasteiger partial charge in [0.2, 0.25) is 0 Å². The number of anilines is 2. The molecule has 0 unspecified atom stereocenters. The zero-order chi connectivity index (χ0) is 20.4. The van der Waals surface area contributed by atoms with Crippen LogP contribution < -0.4 is 15.0 Å². The topological polar surface area (TPSA) is 58.6 Å². The number of benzene rings is 3. The number of aryl methyl sites for hydroxylation is 1. The molecule has 3 aromatic carbocycles. The van der Waals surface area contributed by atoms with Crippen LogP contribution in [0.1, 0.15) is 21.5 Å². The van der Waals surface area contributed by atoms with Crippen molar-refractivity contribution in [2.75, 3.05) is 16.8 Å². The second kappa shape index (κ2) is 7.97. The van der Waals surface area contributed by atoms with E-state index in [9.17, 15) is 9.59 Å². The molecule has 4 rings (SSSR count). The zero-order valence-corrected chi connectivity index (χ0v) is 16.6. The number of hydrogen-bond acceptors (Lipinski definition) is 3. The van der Waals surface area contributed by atoms with E-state index >= 15 is 0 Å². The van der Waals surface area contributed by atoms with Gasteiger partial charge in [-0.2, -0.15) is 0 Å². The minimum Gasteiger partial charge on any atom is -0.482 e. The first kappa shape index (κ1) is 19.0. The summed E-state index contributed by atoms with van der Waals surface area (Å²) in [5.41, 5.74) is 3.89. The third kappa shape index (κ3) is 4.10. The lowest BCUT2D eigenvalue weighted by Crippen LogP contribution is -2.38. The third-order valence-electron chi connectivity index (χ3n) is 4.86. The van der Waals surface area contributed by atoms with Crippen molar-refractivity contribution in [3.8, 4) is 5.75 Å². The number of rotatable bonds is 4. The quantitative estimate of drug-likeness (QED) is 0.675. The Morgan fingerprint density at radius 1 is 1.10 bits per heavy atom. The van der Waals surface area contributed by atoms with Crippen LogP contribution in [0.15, 0.2) is 66.7 Å². The highest BCUT2D eigenvalue weighted by molar-refractivity contribution is 6.30. The van der Waals surface area contributed by atoms with Crippen LogP contribution in [-0.4, -0.2) is 18.4 Å². The molecule has 0 radical (unpaired) electrons. The van der Waals surface area contributed by atoms with Gasteiger partial charge in [-0.3, -0.25) is 9.59 Å². The highest BCUT2D eigenvalue weighted by atomic mass is 35.5. The molecular formula is C23H19ClN2O3. The number of hydrogen-bond donors (Lipinski definition) is 1. The SMILES string of the molecule is Cc1ccccc1CN1C(=O)COc2ccc(NC(=O)c3ccc(Cl)cc3)cc21. The second-order valence-corrected chi connectivity index (χ2v) is 7.28. The molecule has 0 saturated heterocycles. The molecule has 1 aliphatic heterocycles. The van der Waals surface area contributed by atoms with Gasteiger partial charge in [-0.25, -0.2) is 0 Å². The van der Waals surface area contributed by atoms with Crippen molar-refractivity contribution in [2.24, 2.45) is 0 Å². The van der Waals surface area contributed by atoms with Gasteiger partial charge >= 0.3 is 0 Å². The van der Waals surface area contributed by atoms with Crippen LogP contribution in [0.5, 0.6) is 5.75 Å². The van der Waals surface area contributed by atoms with Crippen LogP contribution in [-0.2, 0) is 11.3 Å². The number of ether oxygens (including phenoxy) is 1. The average Bonchev–Trinajstić information content (AvgIpc) is 2.72. The van der Waals surface area contributed by atoms with Crippen LogP contribution in [0.25, 0.3) is 0 Å². The monoisotopic (exact) mass is 406 g/mol. The summed E-state index contributed by atoms with van der Waals surface area (Å²) in [6, 6.07) is 19.9. The Labute approximate surface area is 173 Å². The molecule has 3 aromatic rings. The minimum absolute atomic E-state index is 0.00460. The normalized spacial score (nSPS) is 12.9. The summed E-state index contributed by atoms with van der Waals surface area (Å²) in [7, 11) is 0. The van der Waals surface area contributed by atoms with Crippen molar-refractivity contribution in [1.29, 1.82) is 0 Å². The summed E-state index contributed by atoms with van der Waals surface area (Å²) >= 11 is 5.88. The molecule has 1 heterocycles. The van der Waals surface area contributed by atoms with Crippen molar-refractivity contribution >= 4 is 34.8 Å². The number of amides is 2. The Kier molecular flexibility index (Phi) is 5.23. The first-order valence-electron chi connectivity index (χ1n) is 9.20. The summed E-state index contributed by atoms with van der Waals surface area (Å²) in [5, 5.41) is 3.43. The van der Waals surface area contributed by atoms with E-state index in [4.69, 9.17) is 16.3 Å². The van der Waals surface area contributed by atoms with Gasteiger partial charge in [0, 0.05) is 16.3 Å². The maximum Gasteiger partial charge on any atom is 0.265 e. The van der Waals surface area contributed by atoms with Gasteiger partial charge in [0.25, 0.3) is 11.8 Å². The first-order valence-corrected chi connectivity index (χ1v) is 9.58. The fourth-order valence-electron chi connectivity index (χ4n) is 3.22.